The summed E-state index contributed by atoms with van der Waals surface area (Å²) in [5, 5.41) is 0. The summed E-state index contributed by atoms with van der Waals surface area (Å²) in [5.74, 6) is -0.229. The molecule has 2 aromatic carbocycles. The molecule has 3 aromatic rings. The number of imidazole rings is 1. The van der Waals surface area contributed by atoms with Gasteiger partial charge in [-0.05, 0) is 60.9 Å². The van der Waals surface area contributed by atoms with Crippen molar-refractivity contribution in [2.45, 2.75) is 19.9 Å². The fourth-order valence-corrected chi connectivity index (χ4v) is 4.08. The van der Waals surface area contributed by atoms with Crippen molar-refractivity contribution in [3.8, 4) is 11.3 Å². The van der Waals surface area contributed by atoms with Crippen molar-refractivity contribution in [3.63, 3.8) is 0 Å². The zero-order valence-corrected chi connectivity index (χ0v) is 15.6. The molecule has 0 radical (unpaired) electrons. The molecule has 1 aliphatic rings. The fraction of sp³-hybridized carbons (Fsp3) is 0.250. The summed E-state index contributed by atoms with van der Waals surface area (Å²) < 4.78 is 16.3. The maximum atomic E-state index is 13.1. The molecular formula is C20H19BrFN3. The number of fused-ring (bicyclic) bond motifs is 1. The molecule has 25 heavy (non-hydrogen) atoms. The molecule has 1 aromatic heterocycles. The van der Waals surface area contributed by atoms with Gasteiger partial charge >= 0.3 is 0 Å². The summed E-state index contributed by atoms with van der Waals surface area (Å²) in [6, 6.07) is 10.9. The van der Waals surface area contributed by atoms with E-state index in [0.29, 0.717) is 0 Å². The Morgan fingerprint density at radius 2 is 2.00 bits per heavy atom. The lowest BCUT2D eigenvalue weighted by Crippen LogP contribution is -2.20. The number of hydrogen-bond donors (Lipinski definition) is 0. The monoisotopic (exact) mass is 399 g/mol. The highest BCUT2D eigenvalue weighted by Gasteiger charge is 2.22. The summed E-state index contributed by atoms with van der Waals surface area (Å²) in [7, 11) is 0. The molecule has 0 saturated heterocycles. The summed E-state index contributed by atoms with van der Waals surface area (Å²) in [6.07, 6.45) is 4.96. The minimum Gasteiger partial charge on any atom is -0.371 e. The highest BCUT2D eigenvalue weighted by molar-refractivity contribution is 9.10. The molecular weight excluding hydrogens is 381 g/mol. The number of halogens is 2. The summed E-state index contributed by atoms with van der Waals surface area (Å²) in [5.41, 5.74) is 5.86. The second kappa shape index (κ2) is 6.64. The van der Waals surface area contributed by atoms with Crippen LogP contribution in [-0.4, -0.2) is 22.6 Å². The van der Waals surface area contributed by atoms with Crippen molar-refractivity contribution in [2.75, 3.05) is 18.0 Å². The summed E-state index contributed by atoms with van der Waals surface area (Å²) in [4.78, 5) is 6.92. The zero-order valence-electron chi connectivity index (χ0n) is 14.0. The van der Waals surface area contributed by atoms with Crippen LogP contribution < -0.4 is 4.90 Å². The Kier molecular flexibility index (Phi) is 4.34. The third kappa shape index (κ3) is 3.21. The predicted molar refractivity (Wildman–Crippen MR) is 102 cm³/mol. The van der Waals surface area contributed by atoms with Crippen molar-refractivity contribution < 1.29 is 4.39 Å². The van der Waals surface area contributed by atoms with Gasteiger partial charge in [0.05, 0.1) is 18.6 Å². The number of hydrogen-bond acceptors (Lipinski definition) is 2. The Morgan fingerprint density at radius 1 is 1.20 bits per heavy atom. The van der Waals surface area contributed by atoms with E-state index in [9.17, 15) is 4.39 Å². The Labute approximate surface area is 155 Å². The molecule has 2 heterocycles. The lowest BCUT2D eigenvalue weighted by atomic mass is 10.1. The Bertz CT molecular complexity index is 902. The van der Waals surface area contributed by atoms with Gasteiger partial charge in [0.1, 0.15) is 5.82 Å². The third-order valence-corrected chi connectivity index (χ3v) is 5.17. The van der Waals surface area contributed by atoms with Gasteiger partial charge in [-0.25, -0.2) is 9.37 Å². The molecule has 0 spiro atoms. The molecule has 0 unspecified atom stereocenters. The van der Waals surface area contributed by atoms with Crippen LogP contribution in [0, 0.1) is 5.82 Å². The van der Waals surface area contributed by atoms with E-state index in [2.05, 4.69) is 49.4 Å². The first-order chi connectivity index (χ1) is 12.1. The second-order valence-corrected chi connectivity index (χ2v) is 7.26. The van der Waals surface area contributed by atoms with Crippen LogP contribution in [0.1, 0.15) is 18.1 Å². The molecule has 0 bridgehead atoms. The van der Waals surface area contributed by atoms with Gasteiger partial charge in [-0.2, -0.15) is 0 Å². The molecule has 0 aliphatic carbocycles. The molecule has 0 N–H and O–H groups in total. The van der Waals surface area contributed by atoms with Crippen LogP contribution in [0.25, 0.3) is 11.3 Å². The molecule has 0 amide bonds. The molecule has 128 valence electrons. The largest absolute Gasteiger partial charge is 0.371 e. The Hall–Kier alpha value is -2.14. The smallest absolute Gasteiger partial charge is 0.123 e. The van der Waals surface area contributed by atoms with Crippen molar-refractivity contribution in [2.24, 2.45) is 0 Å². The number of benzene rings is 2. The van der Waals surface area contributed by atoms with Gasteiger partial charge in [-0.3, -0.25) is 0 Å². The van der Waals surface area contributed by atoms with E-state index in [4.69, 9.17) is 0 Å². The Morgan fingerprint density at radius 3 is 2.76 bits per heavy atom. The van der Waals surface area contributed by atoms with E-state index in [0.717, 1.165) is 41.8 Å². The van der Waals surface area contributed by atoms with Gasteiger partial charge < -0.3 is 9.47 Å². The maximum absolute atomic E-state index is 13.1. The van der Waals surface area contributed by atoms with Crippen molar-refractivity contribution >= 4 is 21.6 Å². The molecule has 5 heteroatoms. The number of nitrogens with zero attached hydrogens (tertiary/aromatic N) is 3. The SMILES string of the molecule is CCN1CCc2cc(Br)cc(Cn3cnc(-c4ccc(F)cc4)c3)c21. The molecule has 1 aliphatic heterocycles. The Balaban J connectivity index is 1.64. The average Bonchev–Trinajstić information content (AvgIpc) is 3.22. The quantitative estimate of drug-likeness (QED) is 0.622. The predicted octanol–water partition coefficient (Wildman–Crippen LogP) is 4.88. The number of likely N-dealkylation sites (N-methyl/N-ethyl adjacent to an activating group) is 1. The van der Waals surface area contributed by atoms with E-state index in [-0.39, 0.29) is 5.82 Å². The van der Waals surface area contributed by atoms with E-state index in [1.165, 1.54) is 28.9 Å². The summed E-state index contributed by atoms with van der Waals surface area (Å²) in [6.45, 7) is 5.07. The first-order valence-corrected chi connectivity index (χ1v) is 9.27. The maximum Gasteiger partial charge on any atom is 0.123 e. The summed E-state index contributed by atoms with van der Waals surface area (Å²) >= 11 is 3.64. The number of rotatable bonds is 4. The van der Waals surface area contributed by atoms with Crippen LogP contribution in [0.4, 0.5) is 10.1 Å². The van der Waals surface area contributed by atoms with Crippen LogP contribution >= 0.6 is 15.9 Å². The molecule has 4 rings (SSSR count). The van der Waals surface area contributed by atoms with Gasteiger partial charge in [0.2, 0.25) is 0 Å². The lowest BCUT2D eigenvalue weighted by Gasteiger charge is -2.21. The van der Waals surface area contributed by atoms with Crippen LogP contribution in [0.5, 0.6) is 0 Å². The van der Waals surface area contributed by atoms with Gasteiger partial charge in [-0.15, -0.1) is 0 Å². The van der Waals surface area contributed by atoms with Crippen LogP contribution in [0.15, 0.2) is 53.4 Å². The normalized spacial score (nSPS) is 13.3. The van der Waals surface area contributed by atoms with Crippen LogP contribution in [-0.2, 0) is 13.0 Å². The number of aromatic nitrogens is 2. The average molecular weight is 400 g/mol. The fourth-order valence-electron chi connectivity index (χ4n) is 3.53. The van der Waals surface area contributed by atoms with E-state index in [1.807, 2.05) is 12.5 Å². The van der Waals surface area contributed by atoms with Gasteiger partial charge in [0.25, 0.3) is 0 Å². The zero-order chi connectivity index (χ0) is 17.4. The molecule has 0 atom stereocenters. The van der Waals surface area contributed by atoms with Crippen molar-refractivity contribution in [1.29, 1.82) is 0 Å². The standard InChI is InChI=1S/C20H19BrFN3/c1-2-25-8-7-15-9-17(21)10-16(20(15)25)11-24-12-19(23-13-24)14-3-5-18(22)6-4-14/h3-6,9-10,12-13H,2,7-8,11H2,1H3. The molecule has 0 fully saturated rings. The van der Waals surface area contributed by atoms with E-state index < -0.39 is 0 Å². The number of anilines is 1. The second-order valence-electron chi connectivity index (χ2n) is 6.34. The van der Waals surface area contributed by atoms with Crippen LogP contribution in [0.2, 0.25) is 0 Å². The first-order valence-electron chi connectivity index (χ1n) is 8.48. The van der Waals surface area contributed by atoms with E-state index >= 15 is 0 Å². The minimum absolute atomic E-state index is 0.229. The van der Waals surface area contributed by atoms with Crippen molar-refractivity contribution in [3.05, 3.63) is 70.3 Å². The van der Waals surface area contributed by atoms with Crippen LogP contribution in [0.3, 0.4) is 0 Å². The van der Waals surface area contributed by atoms with Gasteiger partial charge in [0, 0.05) is 35.0 Å². The van der Waals surface area contributed by atoms with E-state index in [1.54, 1.807) is 12.1 Å². The highest BCUT2D eigenvalue weighted by atomic mass is 79.9. The first kappa shape index (κ1) is 16.3. The van der Waals surface area contributed by atoms with Crippen molar-refractivity contribution in [1.82, 2.24) is 9.55 Å². The highest BCUT2D eigenvalue weighted by Crippen LogP contribution is 2.35. The topological polar surface area (TPSA) is 21.1 Å². The van der Waals surface area contributed by atoms with Gasteiger partial charge in [-0.1, -0.05) is 15.9 Å². The van der Waals surface area contributed by atoms with Gasteiger partial charge in [0.15, 0.2) is 0 Å². The third-order valence-electron chi connectivity index (χ3n) is 4.71. The minimum atomic E-state index is -0.229. The molecule has 0 saturated carbocycles. The molecule has 3 nitrogen and oxygen atoms in total. The lowest BCUT2D eigenvalue weighted by molar-refractivity contribution is 0.628.